The molecule has 1 N–H and O–H groups in total. The highest BCUT2D eigenvalue weighted by atomic mass is 32.2. The molecule has 1 aromatic carbocycles. The molecule has 0 aromatic heterocycles. The van der Waals surface area contributed by atoms with E-state index in [1.807, 2.05) is 0 Å². The third-order valence-electron chi connectivity index (χ3n) is 2.38. The van der Waals surface area contributed by atoms with Gasteiger partial charge in [0.05, 0.1) is 0 Å². The molecule has 16 heavy (non-hydrogen) atoms. The molecule has 1 aliphatic heterocycles. The Balaban J connectivity index is 2.30. The molecule has 0 saturated heterocycles. The van der Waals surface area contributed by atoms with Gasteiger partial charge >= 0.3 is 0 Å². The van der Waals surface area contributed by atoms with Crippen LogP contribution in [0.3, 0.4) is 0 Å². The van der Waals surface area contributed by atoms with Gasteiger partial charge in [-0.3, -0.25) is 4.79 Å². The summed E-state index contributed by atoms with van der Waals surface area (Å²) in [6, 6.07) is 6.38. The molecule has 0 aliphatic carbocycles. The molecule has 1 aromatic rings. The van der Waals surface area contributed by atoms with Crippen LogP contribution in [0.25, 0.3) is 5.57 Å². The molecular weight excluding hydrogens is 225 g/mol. The van der Waals surface area contributed by atoms with Crippen LogP contribution in [0, 0.1) is 5.82 Å². The monoisotopic (exact) mass is 237 g/mol. The number of carbonyl (C=O) groups excluding carboxylic acids is 1. The van der Waals surface area contributed by atoms with E-state index in [0.29, 0.717) is 0 Å². The summed E-state index contributed by atoms with van der Waals surface area (Å²) < 4.78 is 12.8. The smallest absolute Gasteiger partial charge is 0.221 e. The van der Waals surface area contributed by atoms with Crippen LogP contribution in [-0.2, 0) is 4.79 Å². The zero-order valence-electron chi connectivity index (χ0n) is 8.92. The quantitative estimate of drug-likeness (QED) is 0.856. The van der Waals surface area contributed by atoms with Gasteiger partial charge in [0.2, 0.25) is 5.91 Å². The van der Waals surface area contributed by atoms with Gasteiger partial charge in [0, 0.05) is 24.1 Å². The van der Waals surface area contributed by atoms with Gasteiger partial charge in [-0.2, -0.15) is 11.8 Å². The number of amides is 1. The molecule has 0 atom stereocenters. The molecule has 4 heteroatoms. The van der Waals surface area contributed by atoms with E-state index < -0.39 is 0 Å². The first-order valence-corrected chi connectivity index (χ1v) is 6.15. The lowest BCUT2D eigenvalue weighted by atomic mass is 10.1. The molecule has 2 rings (SSSR count). The Labute approximate surface area is 97.9 Å². The first-order valence-electron chi connectivity index (χ1n) is 5.00. The van der Waals surface area contributed by atoms with Crippen LogP contribution < -0.4 is 5.32 Å². The van der Waals surface area contributed by atoms with Crippen molar-refractivity contribution >= 4 is 23.2 Å². The molecule has 2 nitrogen and oxygen atoms in total. The molecule has 0 saturated carbocycles. The van der Waals surface area contributed by atoms with Crippen LogP contribution in [0.4, 0.5) is 4.39 Å². The number of hydrogen-bond donors (Lipinski definition) is 1. The summed E-state index contributed by atoms with van der Waals surface area (Å²) in [5.41, 5.74) is 3.03. The van der Waals surface area contributed by atoms with Crippen LogP contribution in [0.5, 0.6) is 0 Å². The van der Waals surface area contributed by atoms with Gasteiger partial charge in [-0.15, -0.1) is 0 Å². The highest BCUT2D eigenvalue weighted by molar-refractivity contribution is 8.00. The number of hydrogen-bond acceptors (Lipinski definition) is 2. The van der Waals surface area contributed by atoms with Crippen molar-refractivity contribution in [3.05, 3.63) is 41.3 Å². The van der Waals surface area contributed by atoms with Crippen molar-refractivity contribution in [1.82, 2.24) is 5.32 Å². The first kappa shape index (κ1) is 11.2. The molecule has 84 valence electrons. The van der Waals surface area contributed by atoms with Crippen molar-refractivity contribution in [2.45, 2.75) is 6.92 Å². The van der Waals surface area contributed by atoms with E-state index in [9.17, 15) is 9.18 Å². The van der Waals surface area contributed by atoms with E-state index in [1.165, 1.54) is 19.1 Å². The highest BCUT2D eigenvalue weighted by Crippen LogP contribution is 2.30. The van der Waals surface area contributed by atoms with Crippen molar-refractivity contribution in [1.29, 1.82) is 0 Å². The number of rotatable bonds is 2. The average Bonchev–Trinajstić information content (AvgIpc) is 2.66. The standard InChI is InChI=1S/C12H12FNOS/c1-8(15)14-12-7-16-6-11(12)9-2-4-10(13)5-3-9/h2-5H,6-7H2,1H3,(H,14,15). The van der Waals surface area contributed by atoms with Crippen LogP contribution in [0.2, 0.25) is 0 Å². The zero-order valence-corrected chi connectivity index (χ0v) is 9.73. The van der Waals surface area contributed by atoms with Crippen LogP contribution >= 0.6 is 11.8 Å². The average molecular weight is 237 g/mol. The summed E-state index contributed by atoms with van der Waals surface area (Å²) in [7, 11) is 0. The first-order chi connectivity index (χ1) is 7.66. The lowest BCUT2D eigenvalue weighted by Gasteiger charge is -2.07. The Bertz CT molecular complexity index is 439. The van der Waals surface area contributed by atoms with Crippen LogP contribution in [0.15, 0.2) is 30.0 Å². The normalized spacial score (nSPS) is 15.4. The van der Waals surface area contributed by atoms with Gasteiger partial charge < -0.3 is 5.32 Å². The van der Waals surface area contributed by atoms with E-state index >= 15 is 0 Å². The largest absolute Gasteiger partial charge is 0.329 e. The summed E-state index contributed by atoms with van der Waals surface area (Å²) in [4.78, 5) is 11.0. The van der Waals surface area contributed by atoms with E-state index in [-0.39, 0.29) is 11.7 Å². The van der Waals surface area contributed by atoms with E-state index in [0.717, 1.165) is 28.3 Å². The Morgan fingerprint density at radius 3 is 2.62 bits per heavy atom. The molecule has 0 fully saturated rings. The molecule has 1 aliphatic rings. The molecule has 0 spiro atoms. The van der Waals surface area contributed by atoms with Gasteiger partial charge in [-0.1, -0.05) is 12.1 Å². The van der Waals surface area contributed by atoms with Crippen molar-refractivity contribution < 1.29 is 9.18 Å². The van der Waals surface area contributed by atoms with Gasteiger partial charge in [-0.05, 0) is 23.3 Å². The fraction of sp³-hybridized carbons (Fsp3) is 0.250. The number of carbonyl (C=O) groups is 1. The van der Waals surface area contributed by atoms with Crippen LogP contribution in [0.1, 0.15) is 12.5 Å². The third kappa shape index (κ3) is 2.44. The fourth-order valence-electron chi connectivity index (χ4n) is 1.66. The summed E-state index contributed by atoms with van der Waals surface area (Å²) in [5.74, 6) is 1.38. The number of halogens is 1. The maximum absolute atomic E-state index is 12.8. The lowest BCUT2D eigenvalue weighted by molar-refractivity contribution is -0.118. The second-order valence-electron chi connectivity index (χ2n) is 3.64. The predicted octanol–water partition coefficient (Wildman–Crippen LogP) is 2.42. The fourth-order valence-corrected chi connectivity index (χ4v) is 2.76. The molecule has 0 unspecified atom stereocenters. The van der Waals surface area contributed by atoms with Crippen LogP contribution in [-0.4, -0.2) is 17.4 Å². The topological polar surface area (TPSA) is 29.1 Å². The van der Waals surface area contributed by atoms with Crippen molar-refractivity contribution in [2.75, 3.05) is 11.5 Å². The molecule has 0 bridgehead atoms. The zero-order chi connectivity index (χ0) is 11.5. The second kappa shape index (κ2) is 4.70. The van der Waals surface area contributed by atoms with Gasteiger partial charge in [-0.25, -0.2) is 4.39 Å². The molecular formula is C12H12FNOS. The number of benzene rings is 1. The minimum Gasteiger partial charge on any atom is -0.329 e. The van der Waals surface area contributed by atoms with Gasteiger partial charge in [0.25, 0.3) is 0 Å². The minimum atomic E-state index is -0.240. The Morgan fingerprint density at radius 2 is 2.00 bits per heavy atom. The van der Waals surface area contributed by atoms with E-state index in [4.69, 9.17) is 0 Å². The lowest BCUT2D eigenvalue weighted by Crippen LogP contribution is -2.20. The summed E-state index contributed by atoms with van der Waals surface area (Å²) in [6.07, 6.45) is 0. The Kier molecular flexibility index (Phi) is 3.29. The summed E-state index contributed by atoms with van der Waals surface area (Å²) in [5, 5.41) is 2.83. The van der Waals surface area contributed by atoms with E-state index in [2.05, 4.69) is 5.32 Å². The van der Waals surface area contributed by atoms with Crippen molar-refractivity contribution in [2.24, 2.45) is 0 Å². The van der Waals surface area contributed by atoms with Crippen molar-refractivity contribution in [3.63, 3.8) is 0 Å². The molecule has 1 amide bonds. The Morgan fingerprint density at radius 1 is 1.31 bits per heavy atom. The maximum atomic E-state index is 12.8. The predicted molar refractivity (Wildman–Crippen MR) is 64.5 cm³/mol. The summed E-state index contributed by atoms with van der Waals surface area (Å²) in [6.45, 7) is 1.50. The van der Waals surface area contributed by atoms with E-state index in [1.54, 1.807) is 23.9 Å². The summed E-state index contributed by atoms with van der Waals surface area (Å²) >= 11 is 1.75. The third-order valence-corrected chi connectivity index (χ3v) is 3.36. The molecule has 1 heterocycles. The van der Waals surface area contributed by atoms with Gasteiger partial charge in [0.1, 0.15) is 5.82 Å². The maximum Gasteiger partial charge on any atom is 0.221 e. The highest BCUT2D eigenvalue weighted by Gasteiger charge is 2.17. The van der Waals surface area contributed by atoms with Crippen molar-refractivity contribution in [3.8, 4) is 0 Å². The number of thioether (sulfide) groups is 1. The minimum absolute atomic E-state index is 0.0582. The Hall–Kier alpha value is -1.29. The second-order valence-corrected chi connectivity index (χ2v) is 4.62. The molecule has 0 radical (unpaired) electrons. The number of nitrogens with one attached hydrogen (secondary N) is 1. The van der Waals surface area contributed by atoms with Gasteiger partial charge in [0.15, 0.2) is 0 Å². The SMILES string of the molecule is CC(=O)NC1=C(c2ccc(F)cc2)CSC1.